The van der Waals surface area contributed by atoms with Gasteiger partial charge in [0.05, 0.1) is 20.0 Å². The molecule has 2 aromatic heterocycles. The van der Waals surface area contributed by atoms with Crippen LogP contribution in [0.25, 0.3) is 20.3 Å². The zero-order valence-corrected chi connectivity index (χ0v) is 22.0. The number of nitro groups is 1. The minimum absolute atomic E-state index is 0. The third kappa shape index (κ3) is 5.22. The first kappa shape index (κ1) is 26.0. The average Bonchev–Trinajstić information content (AvgIpc) is 3.40. The number of hydrogen-bond donors (Lipinski definition) is 0. The number of rotatable bonds is 8. The molecule has 0 aliphatic rings. The van der Waals surface area contributed by atoms with Crippen LogP contribution in [0.1, 0.15) is 34.6 Å². The standard InChI is InChI=1S/C24H26N4O3S2.ClH/c1-5-26(6-2)9-10-27(24-25-22-16(4)11-15(3)12-20(22)33-24)23(29)21-14-17-13-18(28(30)31)7-8-19(17)32-21;/h7-8,11-14H,5-6,9-10H2,1-4H3;1H. The van der Waals surface area contributed by atoms with Crippen LogP contribution in [0.15, 0.2) is 36.4 Å². The third-order valence-electron chi connectivity index (χ3n) is 5.75. The van der Waals surface area contributed by atoms with E-state index in [4.69, 9.17) is 4.98 Å². The number of nitro benzene ring substituents is 1. The van der Waals surface area contributed by atoms with E-state index in [1.807, 2.05) is 6.92 Å². The van der Waals surface area contributed by atoms with E-state index in [1.165, 1.54) is 40.4 Å². The van der Waals surface area contributed by atoms with Gasteiger partial charge in [0.15, 0.2) is 5.13 Å². The summed E-state index contributed by atoms with van der Waals surface area (Å²) in [5.74, 6) is -0.126. The number of benzene rings is 2. The number of amides is 1. The van der Waals surface area contributed by atoms with E-state index in [1.54, 1.807) is 17.0 Å². The fraction of sp³-hybridized carbons (Fsp3) is 0.333. The van der Waals surface area contributed by atoms with Crippen LogP contribution in [0.3, 0.4) is 0 Å². The van der Waals surface area contributed by atoms with Crippen molar-refractivity contribution in [1.82, 2.24) is 9.88 Å². The highest BCUT2D eigenvalue weighted by atomic mass is 35.5. The second-order valence-corrected chi connectivity index (χ2v) is 10.1. The molecule has 7 nitrogen and oxygen atoms in total. The zero-order valence-electron chi connectivity index (χ0n) is 19.5. The maximum atomic E-state index is 13.7. The number of likely N-dealkylation sites (N-methyl/N-ethyl adjacent to an activating group) is 1. The molecule has 0 N–H and O–H groups in total. The summed E-state index contributed by atoms with van der Waals surface area (Å²) in [5, 5.41) is 12.5. The van der Waals surface area contributed by atoms with Gasteiger partial charge in [-0.05, 0) is 56.3 Å². The van der Waals surface area contributed by atoms with Crippen LogP contribution in [-0.2, 0) is 0 Å². The van der Waals surface area contributed by atoms with Gasteiger partial charge >= 0.3 is 0 Å². The molecule has 0 saturated carbocycles. The number of carbonyl (C=O) groups excluding carboxylic acids is 1. The minimum Gasteiger partial charge on any atom is -0.302 e. The number of halogens is 1. The number of thiophene rings is 1. The summed E-state index contributed by atoms with van der Waals surface area (Å²) < 4.78 is 1.92. The van der Waals surface area contributed by atoms with E-state index in [0.717, 1.165) is 40.1 Å². The molecule has 2 heterocycles. The molecule has 180 valence electrons. The van der Waals surface area contributed by atoms with Crippen molar-refractivity contribution in [2.45, 2.75) is 27.7 Å². The fourth-order valence-corrected chi connectivity index (χ4v) is 6.08. The molecule has 10 heteroatoms. The molecule has 0 spiro atoms. The van der Waals surface area contributed by atoms with Crippen LogP contribution in [-0.4, -0.2) is 46.9 Å². The second kappa shape index (κ2) is 10.8. The molecule has 4 aromatic rings. The number of nitrogens with zero attached hydrogens (tertiary/aromatic N) is 4. The van der Waals surface area contributed by atoms with Gasteiger partial charge in [-0.25, -0.2) is 4.98 Å². The maximum Gasteiger partial charge on any atom is 0.270 e. The second-order valence-electron chi connectivity index (χ2n) is 8.00. The van der Waals surface area contributed by atoms with Crippen molar-refractivity contribution in [2.75, 3.05) is 31.1 Å². The van der Waals surface area contributed by atoms with E-state index in [9.17, 15) is 14.9 Å². The lowest BCUT2D eigenvalue weighted by molar-refractivity contribution is -0.384. The lowest BCUT2D eigenvalue weighted by Crippen LogP contribution is -2.38. The lowest BCUT2D eigenvalue weighted by Gasteiger charge is -2.24. The van der Waals surface area contributed by atoms with Gasteiger partial charge in [-0.15, -0.1) is 23.7 Å². The highest BCUT2D eigenvalue weighted by molar-refractivity contribution is 7.23. The Morgan fingerprint density at radius 3 is 2.44 bits per heavy atom. The Morgan fingerprint density at radius 1 is 1.03 bits per heavy atom. The summed E-state index contributed by atoms with van der Waals surface area (Å²) in [6.07, 6.45) is 0. The number of aryl methyl sites for hydroxylation is 2. The summed E-state index contributed by atoms with van der Waals surface area (Å²) in [4.78, 5) is 33.9. The molecule has 0 unspecified atom stereocenters. The van der Waals surface area contributed by atoms with Gasteiger partial charge in [-0.1, -0.05) is 31.3 Å². The molecule has 34 heavy (non-hydrogen) atoms. The molecule has 0 fully saturated rings. The summed E-state index contributed by atoms with van der Waals surface area (Å²) in [7, 11) is 0. The number of carbonyl (C=O) groups is 1. The monoisotopic (exact) mass is 518 g/mol. The van der Waals surface area contributed by atoms with Crippen molar-refractivity contribution in [3.05, 3.63) is 62.5 Å². The van der Waals surface area contributed by atoms with Crippen LogP contribution in [0.5, 0.6) is 0 Å². The molecular formula is C24H27ClN4O3S2. The normalized spacial score (nSPS) is 11.2. The molecule has 0 aliphatic heterocycles. The minimum atomic E-state index is -0.416. The Kier molecular flexibility index (Phi) is 8.25. The van der Waals surface area contributed by atoms with Gasteiger partial charge in [-0.3, -0.25) is 19.8 Å². The zero-order chi connectivity index (χ0) is 23.7. The Morgan fingerprint density at radius 2 is 1.76 bits per heavy atom. The number of aromatic nitrogens is 1. The molecule has 0 bridgehead atoms. The third-order valence-corrected chi connectivity index (χ3v) is 7.88. The fourth-order valence-electron chi connectivity index (χ4n) is 3.92. The van der Waals surface area contributed by atoms with E-state index in [0.29, 0.717) is 21.9 Å². The van der Waals surface area contributed by atoms with E-state index < -0.39 is 4.92 Å². The molecule has 2 aromatic carbocycles. The number of hydrogen-bond acceptors (Lipinski definition) is 7. The van der Waals surface area contributed by atoms with Gasteiger partial charge < -0.3 is 4.90 Å². The quantitative estimate of drug-likeness (QED) is 0.198. The maximum absolute atomic E-state index is 13.7. The lowest BCUT2D eigenvalue weighted by atomic mass is 10.1. The van der Waals surface area contributed by atoms with Crippen molar-refractivity contribution in [3.63, 3.8) is 0 Å². The average molecular weight is 519 g/mol. The van der Waals surface area contributed by atoms with Gasteiger partial charge in [0, 0.05) is 35.3 Å². The van der Waals surface area contributed by atoms with Crippen LogP contribution in [0.2, 0.25) is 0 Å². The number of thiazole rings is 1. The predicted octanol–water partition coefficient (Wildman–Crippen LogP) is 6.45. The highest BCUT2D eigenvalue weighted by Crippen LogP contribution is 2.34. The topological polar surface area (TPSA) is 79.6 Å². The Balaban J connectivity index is 0.00000324. The smallest absolute Gasteiger partial charge is 0.270 e. The van der Waals surface area contributed by atoms with Crippen LogP contribution >= 0.6 is 35.1 Å². The number of anilines is 1. The van der Waals surface area contributed by atoms with Crippen LogP contribution < -0.4 is 4.90 Å². The van der Waals surface area contributed by atoms with Crippen LogP contribution in [0, 0.1) is 24.0 Å². The Hall–Kier alpha value is -2.59. The van der Waals surface area contributed by atoms with E-state index in [2.05, 4.69) is 37.8 Å². The number of non-ortho nitro benzene ring substituents is 1. The van der Waals surface area contributed by atoms with Gasteiger partial charge in [0.25, 0.3) is 11.6 Å². The van der Waals surface area contributed by atoms with Crippen molar-refractivity contribution >= 4 is 72.1 Å². The van der Waals surface area contributed by atoms with Gasteiger partial charge in [0.1, 0.15) is 0 Å². The molecule has 0 aliphatic carbocycles. The Labute approximate surface area is 212 Å². The van der Waals surface area contributed by atoms with Crippen molar-refractivity contribution < 1.29 is 9.72 Å². The first-order chi connectivity index (χ1) is 15.8. The van der Waals surface area contributed by atoms with Crippen LogP contribution in [0.4, 0.5) is 10.8 Å². The predicted molar refractivity (Wildman–Crippen MR) is 144 cm³/mol. The molecule has 0 atom stereocenters. The molecule has 0 saturated heterocycles. The first-order valence-corrected chi connectivity index (χ1v) is 12.5. The highest BCUT2D eigenvalue weighted by Gasteiger charge is 2.24. The summed E-state index contributed by atoms with van der Waals surface area (Å²) in [6.45, 7) is 11.4. The summed E-state index contributed by atoms with van der Waals surface area (Å²) in [5.41, 5.74) is 3.21. The summed E-state index contributed by atoms with van der Waals surface area (Å²) in [6, 6.07) is 10.7. The van der Waals surface area contributed by atoms with Crippen molar-refractivity contribution in [2.24, 2.45) is 0 Å². The van der Waals surface area contributed by atoms with Crippen molar-refractivity contribution in [3.8, 4) is 0 Å². The molecule has 1 amide bonds. The Bertz CT molecular complexity index is 1350. The van der Waals surface area contributed by atoms with E-state index >= 15 is 0 Å². The van der Waals surface area contributed by atoms with Gasteiger partial charge in [0.2, 0.25) is 0 Å². The number of fused-ring (bicyclic) bond motifs is 2. The molecular weight excluding hydrogens is 492 g/mol. The SMILES string of the molecule is CCN(CC)CCN(C(=O)c1cc2cc([N+](=O)[O-])ccc2s1)c1nc2c(C)cc(C)cc2s1.Cl. The largest absolute Gasteiger partial charge is 0.302 e. The first-order valence-electron chi connectivity index (χ1n) is 10.9. The molecule has 4 rings (SSSR count). The van der Waals surface area contributed by atoms with E-state index in [-0.39, 0.29) is 24.0 Å². The summed E-state index contributed by atoms with van der Waals surface area (Å²) >= 11 is 2.88. The van der Waals surface area contributed by atoms with Crippen molar-refractivity contribution in [1.29, 1.82) is 0 Å². The molecule has 0 radical (unpaired) electrons. The van der Waals surface area contributed by atoms with Gasteiger partial charge in [-0.2, -0.15) is 0 Å².